The molecular formula is C14H9F4NO2. The number of ether oxygens (including phenoxy) is 1. The molecule has 21 heavy (non-hydrogen) atoms. The van der Waals surface area contributed by atoms with E-state index in [0.29, 0.717) is 12.1 Å². The lowest BCUT2D eigenvalue weighted by Gasteiger charge is -2.10. The van der Waals surface area contributed by atoms with E-state index >= 15 is 0 Å². The number of amides is 1. The highest BCUT2D eigenvalue weighted by molar-refractivity contribution is 5.86. The minimum Gasteiger partial charge on any atom is -0.410 e. The van der Waals surface area contributed by atoms with Crippen molar-refractivity contribution >= 4 is 11.8 Å². The highest BCUT2D eigenvalue weighted by Gasteiger charge is 2.31. The summed E-state index contributed by atoms with van der Waals surface area (Å²) < 4.78 is 55.5. The van der Waals surface area contributed by atoms with Crippen molar-refractivity contribution in [2.45, 2.75) is 6.18 Å². The molecule has 2 rings (SSSR count). The highest BCUT2D eigenvalue weighted by Crippen LogP contribution is 2.31. The zero-order valence-corrected chi connectivity index (χ0v) is 10.4. The second kappa shape index (κ2) is 5.82. The van der Waals surface area contributed by atoms with Crippen LogP contribution in [0.1, 0.15) is 5.56 Å². The van der Waals surface area contributed by atoms with Crippen molar-refractivity contribution < 1.29 is 27.1 Å². The maximum absolute atomic E-state index is 13.1. The van der Waals surface area contributed by atoms with Crippen LogP contribution in [0.2, 0.25) is 0 Å². The fourth-order valence-electron chi connectivity index (χ4n) is 1.56. The van der Waals surface area contributed by atoms with Gasteiger partial charge in [-0.25, -0.2) is 9.18 Å². The summed E-state index contributed by atoms with van der Waals surface area (Å²) in [5.41, 5.74) is -1.54. The van der Waals surface area contributed by atoms with Crippen LogP contribution in [-0.4, -0.2) is 6.09 Å². The van der Waals surface area contributed by atoms with E-state index in [4.69, 9.17) is 4.74 Å². The average molecular weight is 299 g/mol. The Morgan fingerprint density at radius 3 is 2.33 bits per heavy atom. The van der Waals surface area contributed by atoms with Gasteiger partial charge in [0.25, 0.3) is 0 Å². The third kappa shape index (κ3) is 4.20. The molecule has 0 radical (unpaired) electrons. The molecule has 0 saturated carbocycles. The van der Waals surface area contributed by atoms with E-state index in [-0.39, 0.29) is 11.4 Å². The molecule has 0 heterocycles. The zero-order valence-electron chi connectivity index (χ0n) is 10.4. The van der Waals surface area contributed by atoms with Crippen LogP contribution in [0.4, 0.5) is 28.0 Å². The minimum atomic E-state index is -4.71. The van der Waals surface area contributed by atoms with Crippen molar-refractivity contribution in [2.75, 3.05) is 5.32 Å². The molecule has 0 aliphatic rings. The molecule has 0 aromatic heterocycles. The fourth-order valence-corrected chi connectivity index (χ4v) is 1.56. The lowest BCUT2D eigenvalue weighted by atomic mass is 10.2. The number of hydrogen-bond donors (Lipinski definition) is 1. The van der Waals surface area contributed by atoms with Crippen LogP contribution in [0, 0.1) is 5.82 Å². The predicted molar refractivity (Wildman–Crippen MR) is 67.5 cm³/mol. The maximum Gasteiger partial charge on any atom is 0.417 e. The number of anilines is 1. The van der Waals surface area contributed by atoms with Gasteiger partial charge >= 0.3 is 12.3 Å². The highest BCUT2D eigenvalue weighted by atomic mass is 19.4. The first-order valence-electron chi connectivity index (χ1n) is 5.76. The number of alkyl halides is 3. The summed E-state index contributed by atoms with van der Waals surface area (Å²) >= 11 is 0. The Morgan fingerprint density at radius 1 is 1.05 bits per heavy atom. The van der Waals surface area contributed by atoms with Crippen LogP contribution in [-0.2, 0) is 6.18 Å². The number of para-hydroxylation sites is 1. The van der Waals surface area contributed by atoms with E-state index in [0.717, 1.165) is 6.07 Å². The molecular weight excluding hydrogens is 290 g/mol. The Labute approximate surface area is 117 Å². The molecule has 7 heteroatoms. The van der Waals surface area contributed by atoms with E-state index < -0.39 is 23.7 Å². The fraction of sp³-hybridized carbons (Fsp3) is 0.0714. The molecule has 0 fully saturated rings. The molecule has 2 aromatic rings. The lowest BCUT2D eigenvalue weighted by molar-refractivity contribution is -0.137. The SMILES string of the molecule is O=C(Nc1cc(F)cc(C(F)(F)F)c1)Oc1ccccc1. The predicted octanol–water partition coefficient (Wildman–Crippen LogP) is 4.46. The van der Waals surface area contributed by atoms with Crippen LogP contribution in [0.15, 0.2) is 48.5 Å². The molecule has 0 atom stereocenters. The second-order valence-electron chi connectivity index (χ2n) is 4.05. The van der Waals surface area contributed by atoms with Crippen molar-refractivity contribution in [2.24, 2.45) is 0 Å². The van der Waals surface area contributed by atoms with E-state index in [9.17, 15) is 22.4 Å². The molecule has 1 amide bonds. The summed E-state index contributed by atoms with van der Waals surface area (Å²) in [6.45, 7) is 0. The van der Waals surface area contributed by atoms with Crippen molar-refractivity contribution in [3.05, 3.63) is 59.9 Å². The molecule has 0 saturated heterocycles. The summed E-state index contributed by atoms with van der Waals surface area (Å²) in [5, 5.41) is 2.04. The molecule has 3 nitrogen and oxygen atoms in total. The van der Waals surface area contributed by atoms with Crippen molar-refractivity contribution in [3.8, 4) is 5.75 Å². The normalized spacial score (nSPS) is 11.0. The number of carbonyl (C=O) groups excluding carboxylic acids is 1. The van der Waals surface area contributed by atoms with Crippen molar-refractivity contribution in [3.63, 3.8) is 0 Å². The summed E-state index contributed by atoms with van der Waals surface area (Å²) in [4.78, 5) is 11.5. The quantitative estimate of drug-likeness (QED) is 0.832. The van der Waals surface area contributed by atoms with Gasteiger partial charge in [0.2, 0.25) is 0 Å². The number of nitrogens with one attached hydrogen (secondary N) is 1. The van der Waals surface area contributed by atoms with E-state index in [1.807, 2.05) is 5.32 Å². The molecule has 0 bridgehead atoms. The van der Waals surface area contributed by atoms with Gasteiger partial charge in [-0.05, 0) is 30.3 Å². The van der Waals surface area contributed by atoms with Gasteiger partial charge in [0.1, 0.15) is 11.6 Å². The third-order valence-electron chi connectivity index (χ3n) is 2.43. The molecule has 110 valence electrons. The van der Waals surface area contributed by atoms with Gasteiger partial charge in [-0.2, -0.15) is 13.2 Å². The molecule has 0 aliphatic carbocycles. The van der Waals surface area contributed by atoms with E-state index in [1.54, 1.807) is 18.2 Å². The van der Waals surface area contributed by atoms with Crippen LogP contribution in [0.25, 0.3) is 0 Å². The van der Waals surface area contributed by atoms with E-state index in [2.05, 4.69) is 0 Å². The first-order chi connectivity index (χ1) is 9.84. The number of benzene rings is 2. The largest absolute Gasteiger partial charge is 0.417 e. The molecule has 0 aliphatic heterocycles. The Balaban J connectivity index is 2.12. The molecule has 2 aromatic carbocycles. The molecule has 0 spiro atoms. The first kappa shape index (κ1) is 14.8. The average Bonchev–Trinajstić information content (AvgIpc) is 2.37. The monoisotopic (exact) mass is 299 g/mol. The van der Waals surface area contributed by atoms with Gasteiger partial charge in [0.05, 0.1) is 5.56 Å². The topological polar surface area (TPSA) is 38.3 Å². The number of rotatable bonds is 2. The van der Waals surface area contributed by atoms with Crippen molar-refractivity contribution in [1.82, 2.24) is 0 Å². The Hall–Kier alpha value is -2.57. The molecule has 0 unspecified atom stereocenters. The zero-order chi connectivity index (χ0) is 15.5. The first-order valence-corrected chi connectivity index (χ1v) is 5.76. The summed E-state index contributed by atoms with van der Waals surface area (Å²) in [6.07, 6.45) is -5.72. The van der Waals surface area contributed by atoms with Crippen LogP contribution < -0.4 is 10.1 Å². The van der Waals surface area contributed by atoms with Crippen molar-refractivity contribution in [1.29, 1.82) is 0 Å². The smallest absolute Gasteiger partial charge is 0.410 e. The molecule has 1 N–H and O–H groups in total. The number of halogens is 4. The van der Waals surface area contributed by atoms with E-state index in [1.165, 1.54) is 12.1 Å². The Bertz CT molecular complexity index is 641. The van der Waals surface area contributed by atoms with Gasteiger partial charge < -0.3 is 4.74 Å². The van der Waals surface area contributed by atoms with Crippen LogP contribution in [0.3, 0.4) is 0 Å². The minimum absolute atomic E-state index is 0.211. The van der Waals surface area contributed by atoms with Gasteiger partial charge in [0.15, 0.2) is 0 Å². The van der Waals surface area contributed by atoms with Gasteiger partial charge in [-0.3, -0.25) is 5.32 Å². The number of carbonyl (C=O) groups is 1. The Kier molecular flexibility index (Phi) is 4.11. The van der Waals surface area contributed by atoms with Gasteiger partial charge in [-0.1, -0.05) is 18.2 Å². The second-order valence-corrected chi connectivity index (χ2v) is 4.05. The summed E-state index contributed by atoms with van der Waals surface area (Å²) in [6, 6.07) is 9.65. The number of hydrogen-bond acceptors (Lipinski definition) is 2. The summed E-state index contributed by atoms with van der Waals surface area (Å²) in [5.74, 6) is -0.901. The standard InChI is InChI=1S/C14H9F4NO2/c15-10-6-9(14(16,17)18)7-11(8-10)19-13(20)21-12-4-2-1-3-5-12/h1-8H,(H,19,20). The van der Waals surface area contributed by atoms with Gasteiger partial charge in [0, 0.05) is 5.69 Å². The maximum atomic E-state index is 13.1. The third-order valence-corrected chi connectivity index (χ3v) is 2.43. The van der Waals surface area contributed by atoms with Crippen LogP contribution >= 0.6 is 0 Å². The summed E-state index contributed by atoms with van der Waals surface area (Å²) in [7, 11) is 0. The Morgan fingerprint density at radius 2 is 1.71 bits per heavy atom. The van der Waals surface area contributed by atoms with Crippen LogP contribution in [0.5, 0.6) is 5.75 Å². The van der Waals surface area contributed by atoms with Gasteiger partial charge in [-0.15, -0.1) is 0 Å². The lowest BCUT2D eigenvalue weighted by Crippen LogP contribution is -2.17.